The van der Waals surface area contributed by atoms with Gasteiger partial charge in [0.2, 0.25) is 5.95 Å². The van der Waals surface area contributed by atoms with Gasteiger partial charge in [-0.3, -0.25) is 0 Å². The number of anilines is 3. The fourth-order valence-electron chi connectivity index (χ4n) is 2.80. The first-order valence-electron chi connectivity index (χ1n) is 8.60. The molecule has 0 radical (unpaired) electrons. The number of rotatable bonds is 4. The molecule has 0 spiro atoms. The van der Waals surface area contributed by atoms with Crippen molar-refractivity contribution in [2.75, 3.05) is 43.0 Å². The van der Waals surface area contributed by atoms with Crippen LogP contribution in [0.5, 0.6) is 0 Å². The number of amides is 1. The second-order valence-electron chi connectivity index (χ2n) is 6.00. The highest BCUT2D eigenvalue weighted by Gasteiger charge is 2.23. The molecule has 1 aliphatic rings. The molecule has 2 heterocycles. The number of aryl methyl sites for hydroxylation is 1. The van der Waals surface area contributed by atoms with Gasteiger partial charge in [0.25, 0.3) is 0 Å². The van der Waals surface area contributed by atoms with Crippen LogP contribution in [0, 0.1) is 12.7 Å². The molecule has 0 unspecified atom stereocenters. The van der Waals surface area contributed by atoms with Crippen LogP contribution in [0.4, 0.5) is 26.6 Å². The second-order valence-corrected chi connectivity index (χ2v) is 6.00. The van der Waals surface area contributed by atoms with E-state index in [1.165, 1.54) is 12.1 Å². The van der Waals surface area contributed by atoms with E-state index in [9.17, 15) is 9.18 Å². The molecular formula is C18H22FN5O2. The summed E-state index contributed by atoms with van der Waals surface area (Å²) in [6.45, 7) is 6.54. The summed E-state index contributed by atoms with van der Waals surface area (Å²) in [5, 5.41) is 3.04. The van der Waals surface area contributed by atoms with Crippen molar-refractivity contribution in [1.82, 2.24) is 14.9 Å². The van der Waals surface area contributed by atoms with Gasteiger partial charge in [-0.25, -0.2) is 14.2 Å². The molecule has 1 aromatic carbocycles. The van der Waals surface area contributed by atoms with Crippen LogP contribution in [0.3, 0.4) is 0 Å². The fraction of sp³-hybridized carbons (Fsp3) is 0.389. The van der Waals surface area contributed by atoms with Crippen molar-refractivity contribution < 1.29 is 13.9 Å². The number of hydrogen-bond donors (Lipinski definition) is 1. The molecule has 0 saturated carbocycles. The van der Waals surface area contributed by atoms with E-state index >= 15 is 0 Å². The summed E-state index contributed by atoms with van der Waals surface area (Å²) >= 11 is 0. The molecule has 26 heavy (non-hydrogen) atoms. The first kappa shape index (κ1) is 17.9. The molecule has 3 rings (SSSR count). The van der Waals surface area contributed by atoms with E-state index < -0.39 is 0 Å². The molecule has 138 valence electrons. The lowest BCUT2D eigenvalue weighted by Crippen LogP contribution is -2.49. The third-order valence-corrected chi connectivity index (χ3v) is 4.05. The fourth-order valence-corrected chi connectivity index (χ4v) is 2.80. The minimum Gasteiger partial charge on any atom is -0.450 e. The number of benzene rings is 1. The van der Waals surface area contributed by atoms with Gasteiger partial charge in [-0.05, 0) is 32.0 Å². The van der Waals surface area contributed by atoms with Crippen molar-refractivity contribution in [3.05, 3.63) is 41.8 Å². The molecule has 7 nitrogen and oxygen atoms in total. The summed E-state index contributed by atoms with van der Waals surface area (Å²) in [5.41, 5.74) is 1.40. The zero-order valence-corrected chi connectivity index (χ0v) is 14.9. The number of piperazine rings is 1. The molecule has 8 heteroatoms. The van der Waals surface area contributed by atoms with Crippen LogP contribution in [0.15, 0.2) is 30.3 Å². The molecular weight excluding hydrogens is 337 g/mol. The van der Waals surface area contributed by atoms with Crippen molar-refractivity contribution >= 4 is 23.5 Å². The van der Waals surface area contributed by atoms with Gasteiger partial charge in [-0.2, -0.15) is 4.98 Å². The van der Waals surface area contributed by atoms with E-state index in [1.54, 1.807) is 24.0 Å². The van der Waals surface area contributed by atoms with Crippen LogP contribution in [0.2, 0.25) is 0 Å². The summed E-state index contributed by atoms with van der Waals surface area (Å²) < 4.78 is 18.4. The van der Waals surface area contributed by atoms with Gasteiger partial charge >= 0.3 is 6.09 Å². The summed E-state index contributed by atoms with van der Waals surface area (Å²) in [6, 6.07) is 8.06. The topological polar surface area (TPSA) is 70.6 Å². The van der Waals surface area contributed by atoms with Crippen LogP contribution in [-0.2, 0) is 4.74 Å². The van der Waals surface area contributed by atoms with E-state index in [1.807, 2.05) is 13.0 Å². The Morgan fingerprint density at radius 3 is 2.69 bits per heavy atom. The number of nitrogens with one attached hydrogen (secondary N) is 1. The third kappa shape index (κ3) is 4.38. The molecule has 1 aliphatic heterocycles. The van der Waals surface area contributed by atoms with Gasteiger partial charge in [0.1, 0.15) is 11.6 Å². The van der Waals surface area contributed by atoms with Gasteiger partial charge in [0, 0.05) is 43.6 Å². The van der Waals surface area contributed by atoms with Crippen LogP contribution in [0.25, 0.3) is 0 Å². The number of carbonyl (C=O) groups excluding carboxylic acids is 1. The molecule has 1 fully saturated rings. The zero-order valence-electron chi connectivity index (χ0n) is 14.9. The van der Waals surface area contributed by atoms with E-state index in [2.05, 4.69) is 20.2 Å². The number of hydrogen-bond acceptors (Lipinski definition) is 6. The average molecular weight is 359 g/mol. The highest BCUT2D eigenvalue weighted by Crippen LogP contribution is 2.20. The quantitative estimate of drug-likeness (QED) is 0.905. The minimum absolute atomic E-state index is 0.278. The van der Waals surface area contributed by atoms with E-state index in [0.29, 0.717) is 44.4 Å². The maximum Gasteiger partial charge on any atom is 0.409 e. The van der Waals surface area contributed by atoms with Crippen LogP contribution >= 0.6 is 0 Å². The SMILES string of the molecule is CCOC(=O)N1CCN(c2cc(C)nc(Nc3cccc(F)c3)n2)CC1. The van der Waals surface area contributed by atoms with Gasteiger partial charge < -0.3 is 19.9 Å². The van der Waals surface area contributed by atoms with Gasteiger partial charge in [0.05, 0.1) is 6.61 Å². The van der Waals surface area contributed by atoms with E-state index in [-0.39, 0.29) is 11.9 Å². The first-order valence-corrected chi connectivity index (χ1v) is 8.60. The first-order chi connectivity index (χ1) is 12.5. The summed E-state index contributed by atoms with van der Waals surface area (Å²) in [4.78, 5) is 24.5. The van der Waals surface area contributed by atoms with Crippen molar-refractivity contribution in [2.24, 2.45) is 0 Å². The van der Waals surface area contributed by atoms with Crippen molar-refractivity contribution in [3.8, 4) is 0 Å². The summed E-state index contributed by atoms with van der Waals surface area (Å²) in [7, 11) is 0. The predicted molar refractivity (Wildman–Crippen MR) is 97.3 cm³/mol. The predicted octanol–water partition coefficient (Wildman–Crippen LogP) is 2.95. The van der Waals surface area contributed by atoms with Crippen molar-refractivity contribution in [1.29, 1.82) is 0 Å². The molecule has 1 aromatic heterocycles. The Morgan fingerprint density at radius 1 is 1.23 bits per heavy atom. The summed E-state index contributed by atoms with van der Waals surface area (Å²) in [5.74, 6) is 0.872. The smallest absolute Gasteiger partial charge is 0.409 e. The molecule has 1 saturated heterocycles. The number of ether oxygens (including phenoxy) is 1. The second kappa shape index (κ2) is 7.99. The Bertz CT molecular complexity index is 778. The van der Waals surface area contributed by atoms with Crippen LogP contribution < -0.4 is 10.2 Å². The molecule has 1 amide bonds. The molecule has 0 aliphatic carbocycles. The molecule has 0 bridgehead atoms. The highest BCUT2D eigenvalue weighted by molar-refractivity contribution is 5.68. The zero-order chi connectivity index (χ0) is 18.5. The number of aromatic nitrogens is 2. The van der Waals surface area contributed by atoms with Gasteiger partial charge in [-0.1, -0.05) is 6.07 Å². The van der Waals surface area contributed by atoms with E-state index in [0.717, 1.165) is 11.5 Å². The van der Waals surface area contributed by atoms with Gasteiger partial charge in [-0.15, -0.1) is 0 Å². The van der Waals surface area contributed by atoms with Crippen molar-refractivity contribution in [3.63, 3.8) is 0 Å². The Hall–Kier alpha value is -2.90. The normalized spacial score (nSPS) is 14.3. The summed E-state index contributed by atoms with van der Waals surface area (Å²) in [6.07, 6.45) is -0.278. The Balaban J connectivity index is 1.69. The van der Waals surface area contributed by atoms with Gasteiger partial charge in [0.15, 0.2) is 0 Å². The average Bonchev–Trinajstić information content (AvgIpc) is 2.61. The lowest BCUT2D eigenvalue weighted by Gasteiger charge is -2.34. The molecule has 0 atom stereocenters. The van der Waals surface area contributed by atoms with Crippen molar-refractivity contribution in [2.45, 2.75) is 13.8 Å². The van der Waals surface area contributed by atoms with Crippen LogP contribution in [0.1, 0.15) is 12.6 Å². The lowest BCUT2D eigenvalue weighted by molar-refractivity contribution is 0.105. The molecule has 2 aromatic rings. The maximum absolute atomic E-state index is 13.3. The van der Waals surface area contributed by atoms with Crippen LogP contribution in [-0.4, -0.2) is 53.7 Å². The number of carbonyl (C=O) groups is 1. The monoisotopic (exact) mass is 359 g/mol. The van der Waals surface area contributed by atoms with E-state index in [4.69, 9.17) is 4.74 Å². The Labute approximate surface area is 151 Å². The number of halogens is 1. The molecule has 1 N–H and O–H groups in total. The maximum atomic E-state index is 13.3. The Kier molecular flexibility index (Phi) is 5.50. The minimum atomic E-state index is -0.321. The Morgan fingerprint density at radius 2 is 2.00 bits per heavy atom. The highest BCUT2D eigenvalue weighted by atomic mass is 19.1. The number of nitrogens with zero attached hydrogens (tertiary/aromatic N) is 4. The third-order valence-electron chi connectivity index (χ3n) is 4.05. The standard InChI is InChI=1S/C18H22FN5O2/c1-3-26-18(25)24-9-7-23(8-10-24)16-11-13(2)20-17(22-16)21-15-6-4-5-14(19)12-15/h4-6,11-12H,3,7-10H2,1-2H3,(H,20,21,22). The largest absolute Gasteiger partial charge is 0.450 e. The lowest BCUT2D eigenvalue weighted by atomic mass is 10.3.